The Morgan fingerprint density at radius 3 is 3.07 bits per heavy atom. The van der Waals surface area contributed by atoms with E-state index in [2.05, 4.69) is 30.8 Å². The van der Waals surface area contributed by atoms with Crippen molar-refractivity contribution < 1.29 is 4.74 Å². The van der Waals surface area contributed by atoms with Crippen LogP contribution in [0.3, 0.4) is 0 Å². The highest BCUT2D eigenvalue weighted by atomic mass is 79.9. The van der Waals surface area contributed by atoms with E-state index in [-0.39, 0.29) is 0 Å². The van der Waals surface area contributed by atoms with Crippen LogP contribution in [0.15, 0.2) is 45.0 Å². The maximum absolute atomic E-state index is 6.09. The number of anilines is 1. The first-order valence-electron chi connectivity index (χ1n) is 8.98. The fourth-order valence-electron chi connectivity index (χ4n) is 3.40. The van der Waals surface area contributed by atoms with E-state index in [0.29, 0.717) is 11.7 Å². The quantitative estimate of drug-likeness (QED) is 0.595. The highest BCUT2D eigenvalue weighted by Gasteiger charge is 2.19. The van der Waals surface area contributed by atoms with Crippen LogP contribution < -0.4 is 15.8 Å². The minimum absolute atomic E-state index is 0.473. The van der Waals surface area contributed by atoms with Gasteiger partial charge in [-0.05, 0) is 72.0 Å². The molecule has 1 unspecified atom stereocenters. The number of benzene rings is 1. The summed E-state index contributed by atoms with van der Waals surface area (Å²) in [7, 11) is 1.68. The monoisotopic (exact) mass is 447 g/mol. The molecule has 3 heterocycles. The Morgan fingerprint density at radius 2 is 2.30 bits per heavy atom. The molecule has 1 aromatic carbocycles. The summed E-state index contributed by atoms with van der Waals surface area (Å²) < 4.78 is 8.65. The molecule has 3 aromatic rings. The molecule has 0 saturated carbocycles. The molecular formula is C19H22BrN5OS. The van der Waals surface area contributed by atoms with Crippen molar-refractivity contribution in [2.75, 3.05) is 25.9 Å². The van der Waals surface area contributed by atoms with E-state index in [1.807, 2.05) is 24.3 Å². The molecule has 142 valence electrons. The third-order valence-electron chi connectivity index (χ3n) is 4.92. The highest BCUT2D eigenvalue weighted by Crippen LogP contribution is 2.37. The zero-order chi connectivity index (χ0) is 18.8. The molecule has 0 radical (unpaired) electrons. The fourth-order valence-corrected chi connectivity index (χ4v) is 4.87. The molecule has 0 amide bonds. The molecule has 1 saturated heterocycles. The summed E-state index contributed by atoms with van der Waals surface area (Å²) >= 11 is 5.25. The maximum Gasteiger partial charge on any atom is 0.174 e. The first kappa shape index (κ1) is 18.6. The lowest BCUT2D eigenvalue weighted by atomic mass is 10.1. The predicted octanol–water partition coefficient (Wildman–Crippen LogP) is 3.94. The summed E-state index contributed by atoms with van der Waals surface area (Å²) in [6.07, 6.45) is 4.11. The normalized spacial score (nSPS) is 16.9. The Kier molecular flexibility index (Phi) is 5.56. The number of hydrogen-bond acceptors (Lipinski definition) is 6. The Balaban J connectivity index is 1.70. The number of methoxy groups -OCH3 is 1. The maximum atomic E-state index is 6.09. The van der Waals surface area contributed by atoms with Crippen LogP contribution in [0, 0.1) is 5.92 Å². The Bertz CT molecular complexity index is 955. The molecule has 0 bridgehead atoms. The van der Waals surface area contributed by atoms with E-state index in [0.717, 1.165) is 57.4 Å². The first-order chi connectivity index (χ1) is 13.2. The van der Waals surface area contributed by atoms with Gasteiger partial charge >= 0.3 is 0 Å². The highest BCUT2D eigenvalue weighted by molar-refractivity contribution is 9.10. The number of nitrogens with zero attached hydrogens (tertiary/aromatic N) is 3. The van der Waals surface area contributed by atoms with Gasteiger partial charge in [0.05, 0.1) is 12.6 Å². The van der Waals surface area contributed by atoms with E-state index in [1.165, 1.54) is 6.42 Å². The fraction of sp³-hybridized carbons (Fsp3) is 0.368. The van der Waals surface area contributed by atoms with Gasteiger partial charge in [-0.2, -0.15) is 0 Å². The second kappa shape index (κ2) is 8.08. The molecular weight excluding hydrogens is 426 g/mol. The van der Waals surface area contributed by atoms with Crippen LogP contribution in [0.25, 0.3) is 11.0 Å². The van der Waals surface area contributed by atoms with Gasteiger partial charge in [-0.15, -0.1) is 0 Å². The molecule has 1 fully saturated rings. The summed E-state index contributed by atoms with van der Waals surface area (Å²) in [5.74, 6) is 2.00. The number of aromatic nitrogens is 3. The van der Waals surface area contributed by atoms with E-state index in [1.54, 1.807) is 25.1 Å². The van der Waals surface area contributed by atoms with E-state index >= 15 is 0 Å². The van der Waals surface area contributed by atoms with E-state index < -0.39 is 0 Å². The summed E-state index contributed by atoms with van der Waals surface area (Å²) in [6, 6.07) is 7.94. The van der Waals surface area contributed by atoms with Crippen molar-refractivity contribution in [1.82, 2.24) is 19.9 Å². The van der Waals surface area contributed by atoms with E-state index in [9.17, 15) is 0 Å². The van der Waals surface area contributed by atoms with Crippen LogP contribution in [0.2, 0.25) is 0 Å². The summed E-state index contributed by atoms with van der Waals surface area (Å²) in [5, 5.41) is 4.36. The van der Waals surface area contributed by atoms with Crippen LogP contribution >= 0.6 is 27.7 Å². The van der Waals surface area contributed by atoms with Crippen LogP contribution in [0.5, 0.6) is 5.75 Å². The third-order valence-corrected chi connectivity index (χ3v) is 6.93. The number of hydrogen-bond donors (Lipinski definition) is 2. The van der Waals surface area contributed by atoms with Crippen LogP contribution in [-0.4, -0.2) is 34.7 Å². The second-order valence-corrected chi connectivity index (χ2v) is 8.52. The van der Waals surface area contributed by atoms with Crippen LogP contribution in [-0.2, 0) is 6.54 Å². The zero-order valence-corrected chi connectivity index (χ0v) is 17.5. The van der Waals surface area contributed by atoms with Gasteiger partial charge in [0.15, 0.2) is 11.0 Å². The Morgan fingerprint density at radius 1 is 1.41 bits per heavy atom. The van der Waals surface area contributed by atoms with Gasteiger partial charge in [-0.3, -0.25) is 0 Å². The first-order valence-corrected chi connectivity index (χ1v) is 10.6. The number of nitrogens with one attached hydrogen (secondary N) is 1. The number of nitrogens with two attached hydrogens (primary N) is 1. The smallest absolute Gasteiger partial charge is 0.174 e. The third kappa shape index (κ3) is 3.93. The SMILES string of the molecule is COc1ccc(Br)c(Sc2nc3c(N)nccc3n2CCC2CCNC2)c1. The largest absolute Gasteiger partial charge is 0.497 e. The molecule has 8 heteroatoms. The van der Waals surface area contributed by atoms with Gasteiger partial charge in [0, 0.05) is 22.1 Å². The van der Waals surface area contributed by atoms with Gasteiger partial charge in [-0.25, -0.2) is 9.97 Å². The lowest BCUT2D eigenvalue weighted by Crippen LogP contribution is -2.11. The molecule has 1 aliphatic rings. The predicted molar refractivity (Wildman–Crippen MR) is 112 cm³/mol. The van der Waals surface area contributed by atoms with E-state index in [4.69, 9.17) is 15.5 Å². The van der Waals surface area contributed by atoms with Gasteiger partial charge in [0.2, 0.25) is 0 Å². The van der Waals surface area contributed by atoms with Gasteiger partial charge in [0.1, 0.15) is 11.3 Å². The number of halogens is 1. The molecule has 2 aromatic heterocycles. The lowest BCUT2D eigenvalue weighted by Gasteiger charge is -2.13. The van der Waals surface area contributed by atoms with Crippen molar-refractivity contribution >= 4 is 44.5 Å². The van der Waals surface area contributed by atoms with Crippen molar-refractivity contribution in [2.24, 2.45) is 5.92 Å². The van der Waals surface area contributed by atoms with Crippen molar-refractivity contribution in [2.45, 2.75) is 29.4 Å². The number of nitrogen functional groups attached to an aromatic ring is 1. The average molecular weight is 448 g/mol. The molecule has 6 nitrogen and oxygen atoms in total. The van der Waals surface area contributed by atoms with Gasteiger partial charge in [0.25, 0.3) is 0 Å². The molecule has 27 heavy (non-hydrogen) atoms. The summed E-state index contributed by atoms with van der Waals surface area (Å²) in [5.41, 5.74) is 7.89. The zero-order valence-electron chi connectivity index (χ0n) is 15.1. The second-order valence-electron chi connectivity index (χ2n) is 6.66. The van der Waals surface area contributed by atoms with Gasteiger partial charge in [-0.1, -0.05) is 11.8 Å². The number of ether oxygens (including phenoxy) is 1. The Hall–Kier alpha value is -1.77. The van der Waals surface area contributed by atoms with Crippen molar-refractivity contribution in [1.29, 1.82) is 0 Å². The minimum Gasteiger partial charge on any atom is -0.497 e. The van der Waals surface area contributed by atoms with Crippen LogP contribution in [0.1, 0.15) is 12.8 Å². The Labute approximate surface area is 171 Å². The molecule has 0 spiro atoms. The number of aryl methyl sites for hydroxylation is 1. The van der Waals surface area contributed by atoms with Gasteiger partial charge < -0.3 is 20.4 Å². The number of imidazole rings is 1. The molecule has 4 rings (SSSR count). The number of pyridine rings is 1. The van der Waals surface area contributed by atoms with Crippen molar-refractivity contribution in [3.8, 4) is 5.75 Å². The summed E-state index contributed by atoms with van der Waals surface area (Å²) in [6.45, 7) is 3.13. The van der Waals surface area contributed by atoms with Crippen molar-refractivity contribution in [3.05, 3.63) is 34.9 Å². The van der Waals surface area contributed by atoms with Crippen molar-refractivity contribution in [3.63, 3.8) is 0 Å². The number of fused-ring (bicyclic) bond motifs is 1. The molecule has 1 aliphatic heterocycles. The lowest BCUT2D eigenvalue weighted by molar-refractivity contribution is 0.413. The molecule has 0 aliphatic carbocycles. The van der Waals surface area contributed by atoms with Crippen LogP contribution in [0.4, 0.5) is 5.82 Å². The minimum atomic E-state index is 0.473. The standard InChI is InChI=1S/C19H22BrN5OS/c1-26-13-2-3-14(20)16(10-13)27-19-24-17-15(5-8-23-18(17)21)25(19)9-6-12-4-7-22-11-12/h2-3,5,8,10,12,22H,4,6-7,9,11H2,1H3,(H2,21,23). The average Bonchev–Trinajstić information content (AvgIpc) is 3.30. The topological polar surface area (TPSA) is 78.0 Å². The molecule has 1 atom stereocenters. The molecule has 3 N–H and O–H groups in total. The number of rotatable bonds is 6. The summed E-state index contributed by atoms with van der Waals surface area (Å²) in [4.78, 5) is 10.1.